The average molecular weight is 496 g/mol. The molecule has 0 unspecified atom stereocenters. The van der Waals surface area contributed by atoms with Gasteiger partial charge in [-0.3, -0.25) is 13.9 Å². The van der Waals surface area contributed by atoms with Gasteiger partial charge in [-0.1, -0.05) is 29.8 Å². The Morgan fingerprint density at radius 2 is 1.76 bits per heavy atom. The van der Waals surface area contributed by atoms with Gasteiger partial charge in [0.15, 0.2) is 0 Å². The third kappa shape index (κ3) is 7.36. The van der Waals surface area contributed by atoms with Gasteiger partial charge in [-0.2, -0.15) is 0 Å². The molecule has 2 amide bonds. The van der Waals surface area contributed by atoms with Crippen LogP contribution in [0.3, 0.4) is 0 Å². The number of anilines is 1. The van der Waals surface area contributed by atoms with Crippen molar-refractivity contribution in [2.75, 3.05) is 31.3 Å². The largest absolute Gasteiger partial charge is 0.497 e. The highest BCUT2D eigenvalue weighted by atomic mass is 35.5. The Balaban J connectivity index is 2.14. The Hall–Kier alpha value is -2.78. The van der Waals surface area contributed by atoms with E-state index in [2.05, 4.69) is 5.32 Å². The molecule has 33 heavy (non-hydrogen) atoms. The minimum absolute atomic E-state index is 0.0635. The van der Waals surface area contributed by atoms with Crippen molar-refractivity contribution < 1.29 is 22.7 Å². The normalized spacial score (nSPS) is 12.0. The minimum atomic E-state index is -3.56. The van der Waals surface area contributed by atoms with Gasteiger partial charge in [0.25, 0.3) is 0 Å². The molecular formula is C23H30ClN3O5S. The number of rotatable bonds is 11. The molecule has 1 atom stereocenters. The first-order valence-corrected chi connectivity index (χ1v) is 12.7. The highest BCUT2D eigenvalue weighted by Gasteiger charge is 2.26. The quantitative estimate of drug-likeness (QED) is 0.517. The number of methoxy groups -OCH3 is 1. The predicted octanol–water partition coefficient (Wildman–Crippen LogP) is 3.06. The monoisotopic (exact) mass is 495 g/mol. The number of halogens is 1. The topological polar surface area (TPSA) is 96.0 Å². The number of carbonyl (C=O) groups excluding carboxylic acids is 2. The second-order valence-corrected chi connectivity index (χ2v) is 9.85. The Bertz CT molecular complexity index is 1060. The summed E-state index contributed by atoms with van der Waals surface area (Å²) < 4.78 is 31.1. The fourth-order valence-corrected chi connectivity index (χ4v) is 4.51. The first-order chi connectivity index (χ1) is 15.6. The van der Waals surface area contributed by atoms with E-state index in [0.717, 1.165) is 11.8 Å². The van der Waals surface area contributed by atoms with Crippen LogP contribution in [0.4, 0.5) is 5.69 Å². The lowest BCUT2D eigenvalue weighted by atomic mass is 10.1. The molecule has 0 aromatic heterocycles. The highest BCUT2D eigenvalue weighted by molar-refractivity contribution is 7.92. The van der Waals surface area contributed by atoms with Crippen molar-refractivity contribution in [2.45, 2.75) is 32.4 Å². The number of benzene rings is 2. The van der Waals surface area contributed by atoms with E-state index in [1.807, 2.05) is 6.07 Å². The smallest absolute Gasteiger partial charge is 0.242 e. The van der Waals surface area contributed by atoms with Crippen LogP contribution in [0, 0.1) is 0 Å². The fraction of sp³-hybridized carbons (Fsp3) is 0.391. The zero-order chi connectivity index (χ0) is 24.6. The lowest BCUT2D eigenvalue weighted by Gasteiger charge is -2.29. The fourth-order valence-electron chi connectivity index (χ4n) is 3.35. The van der Waals surface area contributed by atoms with Gasteiger partial charge >= 0.3 is 0 Å². The van der Waals surface area contributed by atoms with Crippen LogP contribution >= 0.6 is 11.6 Å². The Morgan fingerprint density at radius 1 is 1.12 bits per heavy atom. The summed E-state index contributed by atoms with van der Waals surface area (Å²) in [7, 11) is -0.517. The number of carbonyl (C=O) groups is 2. The molecule has 0 saturated heterocycles. The maximum Gasteiger partial charge on any atom is 0.242 e. The molecule has 180 valence electrons. The highest BCUT2D eigenvalue weighted by Crippen LogP contribution is 2.23. The molecule has 1 N–H and O–H groups in total. The molecule has 10 heteroatoms. The number of ether oxygens (including phenoxy) is 1. The molecule has 2 aromatic rings. The van der Waals surface area contributed by atoms with Crippen molar-refractivity contribution in [1.29, 1.82) is 0 Å². The van der Waals surface area contributed by atoms with Crippen LogP contribution in [0.2, 0.25) is 5.02 Å². The van der Waals surface area contributed by atoms with Crippen LogP contribution in [0.25, 0.3) is 0 Å². The van der Waals surface area contributed by atoms with Gasteiger partial charge in [0, 0.05) is 31.6 Å². The summed E-state index contributed by atoms with van der Waals surface area (Å²) in [6, 6.07) is 13.1. The zero-order valence-corrected chi connectivity index (χ0v) is 20.8. The average Bonchev–Trinajstić information content (AvgIpc) is 2.79. The number of amides is 2. The first kappa shape index (κ1) is 26.5. The summed E-state index contributed by atoms with van der Waals surface area (Å²) in [4.78, 5) is 26.8. The molecule has 0 aliphatic carbocycles. The lowest BCUT2D eigenvalue weighted by Crippen LogP contribution is -2.46. The van der Waals surface area contributed by atoms with Gasteiger partial charge < -0.3 is 15.0 Å². The molecule has 0 aliphatic heterocycles. The first-order valence-electron chi connectivity index (χ1n) is 10.4. The summed E-state index contributed by atoms with van der Waals surface area (Å²) in [6.45, 7) is 1.93. The number of hydrogen-bond acceptors (Lipinski definition) is 5. The Labute approximate surface area is 200 Å². The zero-order valence-electron chi connectivity index (χ0n) is 19.2. The summed E-state index contributed by atoms with van der Waals surface area (Å²) in [5.41, 5.74) is 1.21. The number of nitrogens with zero attached hydrogens (tertiary/aromatic N) is 2. The molecule has 8 nitrogen and oxygen atoms in total. The second-order valence-electron chi connectivity index (χ2n) is 7.54. The van der Waals surface area contributed by atoms with Gasteiger partial charge in [0.2, 0.25) is 21.8 Å². The van der Waals surface area contributed by atoms with Crippen molar-refractivity contribution in [2.24, 2.45) is 0 Å². The summed E-state index contributed by atoms with van der Waals surface area (Å²) in [6.07, 6.45) is 1.46. The Kier molecular flexibility index (Phi) is 9.55. The molecule has 0 aliphatic rings. The predicted molar refractivity (Wildman–Crippen MR) is 130 cm³/mol. The Morgan fingerprint density at radius 3 is 2.30 bits per heavy atom. The van der Waals surface area contributed by atoms with Gasteiger partial charge in [0.1, 0.15) is 11.8 Å². The third-order valence-electron chi connectivity index (χ3n) is 5.22. The summed E-state index contributed by atoms with van der Waals surface area (Å²) in [5, 5.41) is 3.06. The number of nitrogens with one attached hydrogen (secondary N) is 1. The van der Waals surface area contributed by atoms with Gasteiger partial charge in [-0.05, 0) is 49.2 Å². The van der Waals surface area contributed by atoms with E-state index in [0.29, 0.717) is 16.5 Å². The van der Waals surface area contributed by atoms with Crippen LogP contribution < -0.4 is 14.4 Å². The third-order valence-corrected chi connectivity index (χ3v) is 6.79. The minimum Gasteiger partial charge on any atom is -0.497 e. The van der Waals surface area contributed by atoms with Crippen LogP contribution in [-0.4, -0.2) is 58.1 Å². The SMILES string of the molecule is CNC(=O)[C@@H](C)N(Cc1ccccc1Cl)C(=O)CCCN(c1ccc(OC)cc1)S(C)(=O)=O. The molecular weight excluding hydrogens is 466 g/mol. The van der Waals surface area contributed by atoms with Crippen LogP contribution in [0.5, 0.6) is 5.75 Å². The van der Waals surface area contributed by atoms with E-state index in [4.69, 9.17) is 16.3 Å². The van der Waals surface area contributed by atoms with E-state index in [9.17, 15) is 18.0 Å². The molecule has 0 radical (unpaired) electrons. The molecule has 0 bridgehead atoms. The molecule has 2 rings (SSSR count). The maximum absolute atomic E-state index is 13.1. The summed E-state index contributed by atoms with van der Waals surface area (Å²) in [5.74, 6) is 0.0429. The van der Waals surface area contributed by atoms with E-state index in [1.165, 1.54) is 23.4 Å². The van der Waals surface area contributed by atoms with E-state index in [1.54, 1.807) is 49.4 Å². The lowest BCUT2D eigenvalue weighted by molar-refractivity contribution is -0.140. The van der Waals surface area contributed by atoms with Gasteiger partial charge in [-0.15, -0.1) is 0 Å². The van der Waals surface area contributed by atoms with Crippen molar-refractivity contribution in [1.82, 2.24) is 10.2 Å². The van der Waals surface area contributed by atoms with Crippen molar-refractivity contribution >= 4 is 39.1 Å². The van der Waals surface area contributed by atoms with Crippen LogP contribution in [0.1, 0.15) is 25.3 Å². The number of sulfonamides is 1. The number of hydrogen-bond donors (Lipinski definition) is 1. The van der Waals surface area contributed by atoms with E-state index in [-0.39, 0.29) is 37.7 Å². The summed E-state index contributed by atoms with van der Waals surface area (Å²) >= 11 is 6.26. The van der Waals surface area contributed by atoms with Gasteiger partial charge in [-0.25, -0.2) is 8.42 Å². The standard InChI is InChI=1S/C23H30ClN3O5S/c1-17(23(29)25-2)26(16-18-8-5-6-9-21(18)24)22(28)10-7-15-27(33(4,30)31)19-11-13-20(32-3)14-12-19/h5-6,8-9,11-14,17H,7,10,15-16H2,1-4H3,(H,25,29)/t17-/m1/s1. The number of likely N-dealkylation sites (N-methyl/N-ethyl adjacent to an activating group) is 1. The molecule has 0 fully saturated rings. The molecule has 2 aromatic carbocycles. The van der Waals surface area contributed by atoms with Gasteiger partial charge in [0.05, 0.1) is 19.1 Å². The molecule has 0 heterocycles. The maximum atomic E-state index is 13.1. The van der Waals surface area contributed by atoms with Crippen molar-refractivity contribution in [3.63, 3.8) is 0 Å². The van der Waals surface area contributed by atoms with Crippen molar-refractivity contribution in [3.05, 3.63) is 59.1 Å². The van der Waals surface area contributed by atoms with E-state index >= 15 is 0 Å². The van der Waals surface area contributed by atoms with Crippen LogP contribution in [0.15, 0.2) is 48.5 Å². The van der Waals surface area contributed by atoms with Crippen molar-refractivity contribution in [3.8, 4) is 5.75 Å². The second kappa shape index (κ2) is 11.9. The van der Waals surface area contributed by atoms with Crippen LogP contribution in [-0.2, 0) is 26.2 Å². The van der Waals surface area contributed by atoms with E-state index < -0.39 is 16.1 Å². The molecule has 0 saturated carbocycles. The molecule has 0 spiro atoms.